The normalized spacial score (nSPS) is 25.7. The molecule has 2 atom stereocenters. The standard InChI is InChI=1S/C16H24N4O3/c1-23-12-9-13(16-17-6-7-18-16)20(10-12)15(22)11-19-8-4-2-3-5-14(19)21/h6-7,12-13H,2-5,8-11H2,1H3,(H,17,18)/t12-,13?/m1/s1. The summed E-state index contributed by atoms with van der Waals surface area (Å²) in [6.07, 6.45) is 7.69. The molecule has 0 radical (unpaired) electrons. The van der Waals surface area contributed by atoms with E-state index in [0.717, 1.165) is 31.5 Å². The fourth-order valence-electron chi connectivity index (χ4n) is 3.42. The summed E-state index contributed by atoms with van der Waals surface area (Å²) in [6.45, 7) is 1.38. The van der Waals surface area contributed by atoms with Gasteiger partial charge in [-0.15, -0.1) is 0 Å². The van der Waals surface area contributed by atoms with E-state index in [0.29, 0.717) is 19.5 Å². The van der Waals surface area contributed by atoms with Crippen molar-refractivity contribution in [1.29, 1.82) is 0 Å². The zero-order valence-electron chi connectivity index (χ0n) is 13.5. The molecule has 23 heavy (non-hydrogen) atoms. The number of aromatic nitrogens is 2. The molecule has 126 valence electrons. The van der Waals surface area contributed by atoms with Gasteiger partial charge in [-0.3, -0.25) is 9.59 Å². The van der Waals surface area contributed by atoms with E-state index in [2.05, 4.69) is 9.97 Å². The van der Waals surface area contributed by atoms with Crippen molar-refractivity contribution in [2.24, 2.45) is 0 Å². The van der Waals surface area contributed by atoms with Crippen molar-refractivity contribution >= 4 is 11.8 Å². The first kappa shape index (κ1) is 16.0. The summed E-state index contributed by atoms with van der Waals surface area (Å²) in [5, 5.41) is 0. The van der Waals surface area contributed by atoms with Gasteiger partial charge in [-0.1, -0.05) is 6.42 Å². The Morgan fingerprint density at radius 3 is 3.04 bits per heavy atom. The Labute approximate surface area is 136 Å². The average Bonchev–Trinajstić information content (AvgIpc) is 3.17. The van der Waals surface area contributed by atoms with Gasteiger partial charge in [-0.2, -0.15) is 0 Å². The smallest absolute Gasteiger partial charge is 0.242 e. The van der Waals surface area contributed by atoms with Crippen molar-refractivity contribution in [2.75, 3.05) is 26.7 Å². The summed E-state index contributed by atoms with van der Waals surface area (Å²) >= 11 is 0. The molecule has 0 aromatic carbocycles. The van der Waals surface area contributed by atoms with Crippen molar-refractivity contribution in [3.63, 3.8) is 0 Å². The van der Waals surface area contributed by atoms with Gasteiger partial charge in [0.1, 0.15) is 5.82 Å². The van der Waals surface area contributed by atoms with Crippen molar-refractivity contribution in [2.45, 2.75) is 44.2 Å². The first-order valence-corrected chi connectivity index (χ1v) is 8.28. The number of amides is 2. The van der Waals surface area contributed by atoms with E-state index < -0.39 is 0 Å². The van der Waals surface area contributed by atoms with Crippen LogP contribution in [0.1, 0.15) is 44.0 Å². The Morgan fingerprint density at radius 2 is 2.30 bits per heavy atom. The summed E-state index contributed by atoms with van der Waals surface area (Å²) in [7, 11) is 1.66. The fourth-order valence-corrected chi connectivity index (χ4v) is 3.42. The molecule has 7 nitrogen and oxygen atoms in total. The van der Waals surface area contributed by atoms with Gasteiger partial charge in [0.25, 0.3) is 0 Å². The van der Waals surface area contributed by atoms with Crippen molar-refractivity contribution < 1.29 is 14.3 Å². The number of hydrogen-bond donors (Lipinski definition) is 1. The van der Waals surface area contributed by atoms with Crippen LogP contribution in [0.15, 0.2) is 12.4 Å². The van der Waals surface area contributed by atoms with Crippen LogP contribution < -0.4 is 0 Å². The summed E-state index contributed by atoms with van der Waals surface area (Å²) in [5.41, 5.74) is 0. The van der Waals surface area contributed by atoms with Gasteiger partial charge in [-0.05, 0) is 12.8 Å². The van der Waals surface area contributed by atoms with Crippen LogP contribution in [-0.4, -0.2) is 64.4 Å². The number of carbonyl (C=O) groups excluding carboxylic acids is 2. The maximum absolute atomic E-state index is 12.8. The van der Waals surface area contributed by atoms with Crippen molar-refractivity contribution in [3.8, 4) is 0 Å². The third-order valence-corrected chi connectivity index (χ3v) is 4.75. The summed E-state index contributed by atoms with van der Waals surface area (Å²) in [6, 6.07) is -0.107. The van der Waals surface area contributed by atoms with E-state index in [1.54, 1.807) is 29.3 Å². The lowest BCUT2D eigenvalue weighted by Crippen LogP contribution is -2.43. The maximum atomic E-state index is 12.8. The van der Waals surface area contributed by atoms with E-state index in [1.807, 2.05) is 0 Å². The second-order valence-corrected chi connectivity index (χ2v) is 6.26. The minimum absolute atomic E-state index is 0.00823. The minimum atomic E-state index is -0.107. The molecule has 3 rings (SSSR count). The van der Waals surface area contributed by atoms with Gasteiger partial charge in [0.15, 0.2) is 0 Å². The number of likely N-dealkylation sites (tertiary alicyclic amines) is 2. The first-order valence-electron chi connectivity index (χ1n) is 8.28. The Bertz CT molecular complexity index is 546. The second kappa shape index (κ2) is 7.12. The number of H-pyrrole nitrogens is 1. The molecule has 0 spiro atoms. The zero-order valence-corrected chi connectivity index (χ0v) is 13.5. The molecule has 2 aliphatic rings. The van der Waals surface area contributed by atoms with Crippen LogP contribution in [0.3, 0.4) is 0 Å². The molecule has 0 saturated carbocycles. The molecule has 2 saturated heterocycles. The van der Waals surface area contributed by atoms with E-state index in [-0.39, 0.29) is 30.5 Å². The highest BCUT2D eigenvalue weighted by molar-refractivity contribution is 5.85. The number of rotatable bonds is 4. The topological polar surface area (TPSA) is 78.5 Å². The number of ether oxygens (including phenoxy) is 1. The van der Waals surface area contributed by atoms with Crippen LogP contribution in [0.5, 0.6) is 0 Å². The molecule has 2 fully saturated rings. The number of carbonyl (C=O) groups is 2. The third kappa shape index (κ3) is 3.55. The molecular formula is C16H24N4O3. The maximum Gasteiger partial charge on any atom is 0.242 e. The van der Waals surface area contributed by atoms with Crippen LogP contribution in [0.2, 0.25) is 0 Å². The summed E-state index contributed by atoms with van der Waals surface area (Å²) < 4.78 is 5.43. The molecule has 1 aromatic heterocycles. The van der Waals surface area contributed by atoms with Gasteiger partial charge >= 0.3 is 0 Å². The quantitative estimate of drug-likeness (QED) is 0.901. The van der Waals surface area contributed by atoms with Crippen molar-refractivity contribution in [3.05, 3.63) is 18.2 Å². The Balaban J connectivity index is 1.70. The molecule has 7 heteroatoms. The molecule has 2 amide bonds. The zero-order chi connectivity index (χ0) is 16.2. The third-order valence-electron chi connectivity index (χ3n) is 4.75. The number of aromatic amines is 1. The highest BCUT2D eigenvalue weighted by Gasteiger charge is 2.38. The molecule has 1 N–H and O–H groups in total. The Kier molecular flexibility index (Phi) is 4.95. The number of imidazole rings is 1. The number of nitrogens with one attached hydrogen (secondary N) is 1. The Morgan fingerprint density at radius 1 is 1.43 bits per heavy atom. The second-order valence-electron chi connectivity index (χ2n) is 6.26. The lowest BCUT2D eigenvalue weighted by molar-refractivity contribution is -0.141. The SMILES string of the molecule is CO[C@@H]1CC(c2ncc[nH]2)N(C(=O)CN2CCCCCC2=O)C1. The van der Waals surface area contributed by atoms with Gasteiger partial charge < -0.3 is 19.5 Å². The van der Waals surface area contributed by atoms with Crippen LogP contribution in [0.25, 0.3) is 0 Å². The lowest BCUT2D eigenvalue weighted by Gasteiger charge is -2.27. The van der Waals surface area contributed by atoms with Crippen molar-refractivity contribution in [1.82, 2.24) is 19.8 Å². The largest absolute Gasteiger partial charge is 0.380 e. The highest BCUT2D eigenvalue weighted by atomic mass is 16.5. The van der Waals surface area contributed by atoms with E-state index >= 15 is 0 Å². The molecule has 0 bridgehead atoms. The molecule has 2 aliphatic heterocycles. The molecule has 1 unspecified atom stereocenters. The fraction of sp³-hybridized carbons (Fsp3) is 0.688. The van der Waals surface area contributed by atoms with Gasteiger partial charge in [0.2, 0.25) is 11.8 Å². The van der Waals surface area contributed by atoms with E-state index in [1.165, 1.54) is 0 Å². The lowest BCUT2D eigenvalue weighted by atomic mass is 10.2. The summed E-state index contributed by atoms with van der Waals surface area (Å²) in [4.78, 5) is 35.8. The van der Waals surface area contributed by atoms with Gasteiger partial charge in [0, 0.05) is 45.4 Å². The van der Waals surface area contributed by atoms with Gasteiger partial charge in [0.05, 0.1) is 18.7 Å². The average molecular weight is 320 g/mol. The molecule has 3 heterocycles. The van der Waals surface area contributed by atoms with Crippen LogP contribution >= 0.6 is 0 Å². The predicted octanol–water partition coefficient (Wildman–Crippen LogP) is 1.10. The molecule has 0 aliphatic carbocycles. The van der Waals surface area contributed by atoms with E-state index in [4.69, 9.17) is 4.74 Å². The monoisotopic (exact) mass is 320 g/mol. The van der Waals surface area contributed by atoms with E-state index in [9.17, 15) is 9.59 Å². The first-order chi connectivity index (χ1) is 11.2. The minimum Gasteiger partial charge on any atom is -0.380 e. The van der Waals surface area contributed by atoms with Crippen LogP contribution in [0, 0.1) is 0 Å². The predicted molar refractivity (Wildman–Crippen MR) is 83.5 cm³/mol. The van der Waals surface area contributed by atoms with Crippen LogP contribution in [0.4, 0.5) is 0 Å². The summed E-state index contributed by atoms with van der Waals surface area (Å²) in [5.74, 6) is 0.842. The van der Waals surface area contributed by atoms with Gasteiger partial charge in [-0.25, -0.2) is 4.98 Å². The van der Waals surface area contributed by atoms with Crippen LogP contribution in [-0.2, 0) is 14.3 Å². The molecule has 1 aromatic rings. The number of nitrogens with zero attached hydrogens (tertiary/aromatic N) is 3. The number of hydrogen-bond acceptors (Lipinski definition) is 4. The Hall–Kier alpha value is -1.89. The molecular weight excluding hydrogens is 296 g/mol. The highest BCUT2D eigenvalue weighted by Crippen LogP contribution is 2.31. The number of methoxy groups -OCH3 is 1.